The third-order valence-electron chi connectivity index (χ3n) is 1.46. The molecule has 0 amide bonds. The van der Waals surface area contributed by atoms with Crippen LogP contribution in [-0.4, -0.2) is 31.3 Å². The van der Waals surface area contributed by atoms with Crippen LogP contribution in [0.5, 0.6) is 0 Å². The number of aromatic nitrogens is 2. The number of carbonyl (C=O) groups is 1. The Hall–Kier alpha value is -1.34. The Kier molecular flexibility index (Phi) is 4.32. The predicted molar refractivity (Wildman–Crippen MR) is 50.6 cm³/mol. The van der Waals surface area contributed by atoms with E-state index >= 15 is 0 Å². The Morgan fingerprint density at radius 1 is 1.53 bits per heavy atom. The van der Waals surface area contributed by atoms with E-state index in [4.69, 9.17) is 4.74 Å². The molecule has 0 spiro atoms. The lowest BCUT2D eigenvalue weighted by Crippen LogP contribution is -2.07. The van der Waals surface area contributed by atoms with E-state index in [1.165, 1.54) is 12.4 Å². The van der Waals surface area contributed by atoms with E-state index in [-0.39, 0.29) is 23.7 Å². The van der Waals surface area contributed by atoms with Gasteiger partial charge in [0, 0.05) is 12.4 Å². The maximum Gasteiger partial charge on any atom is 0.341 e. The van der Waals surface area contributed by atoms with Crippen LogP contribution < -0.4 is 0 Å². The normalized spacial score (nSPS) is 12.1. The van der Waals surface area contributed by atoms with Gasteiger partial charge in [0.2, 0.25) is 0 Å². The molecule has 0 aliphatic rings. The molecule has 0 aromatic carbocycles. The fraction of sp³-hybridized carbons (Fsp3) is 0.375. The summed E-state index contributed by atoms with van der Waals surface area (Å²) in [5, 5.41) is 0. The molecule has 7 heteroatoms. The van der Waals surface area contributed by atoms with E-state index in [9.17, 15) is 13.6 Å². The zero-order valence-corrected chi connectivity index (χ0v) is 8.82. The van der Waals surface area contributed by atoms with Gasteiger partial charge in [-0.05, 0) is 18.0 Å². The molecule has 0 saturated carbocycles. The summed E-state index contributed by atoms with van der Waals surface area (Å²) in [6.07, 6.45) is 2.49. The largest absolute Gasteiger partial charge is 0.772 e. The third kappa shape index (κ3) is 3.72. The summed E-state index contributed by atoms with van der Waals surface area (Å²) in [6, 6.07) is 0. The Balaban J connectivity index is 2.71. The highest BCUT2D eigenvalue weighted by Gasteiger charge is 2.07. The van der Waals surface area contributed by atoms with Crippen molar-refractivity contribution in [3.8, 4) is 0 Å². The third-order valence-corrected chi connectivity index (χ3v) is 1.96. The van der Waals surface area contributed by atoms with Crippen LogP contribution in [0.15, 0.2) is 12.4 Å². The molecule has 1 unspecified atom stereocenters. The van der Waals surface area contributed by atoms with Gasteiger partial charge in [-0.2, -0.15) is 0 Å². The molecule has 0 radical (unpaired) electrons. The Morgan fingerprint density at radius 2 is 2.13 bits per heavy atom. The quantitative estimate of drug-likeness (QED) is 0.534. The fourth-order valence-electron chi connectivity index (χ4n) is 0.855. The topological polar surface area (TPSA) is 92.2 Å². The van der Waals surface area contributed by atoms with Crippen LogP contribution in [0.4, 0.5) is 0 Å². The second-order valence-electron chi connectivity index (χ2n) is 2.56. The highest BCUT2D eigenvalue weighted by molar-refractivity contribution is 7.78. The molecule has 6 nitrogen and oxygen atoms in total. The zero-order chi connectivity index (χ0) is 11.3. The Bertz CT molecular complexity index is 365. The van der Waals surface area contributed by atoms with Crippen LogP contribution in [-0.2, 0) is 21.6 Å². The maximum atomic E-state index is 11.2. The number of ether oxygens (including phenoxy) is 1. The van der Waals surface area contributed by atoms with Crippen molar-refractivity contribution < 1.29 is 18.3 Å². The minimum Gasteiger partial charge on any atom is -0.772 e. The van der Waals surface area contributed by atoms with Crippen LogP contribution in [0.2, 0.25) is 0 Å². The number of esters is 1. The Labute approximate surface area is 89.0 Å². The first-order valence-electron chi connectivity index (χ1n) is 4.17. The lowest BCUT2D eigenvalue weighted by molar-refractivity contribution is 0.0525. The molecule has 15 heavy (non-hydrogen) atoms. The minimum atomic E-state index is -2.23. The van der Waals surface area contributed by atoms with Gasteiger partial charge in [0.05, 0.1) is 17.9 Å². The summed E-state index contributed by atoms with van der Waals surface area (Å²) in [4.78, 5) is 18.6. The molecule has 0 aliphatic heterocycles. The van der Waals surface area contributed by atoms with Crippen molar-refractivity contribution in [1.82, 2.24) is 9.97 Å². The predicted octanol–water partition coefficient (Wildman–Crippen LogP) is 0.0324. The monoisotopic (exact) mass is 229 g/mol. The first kappa shape index (κ1) is 11.7. The van der Waals surface area contributed by atoms with Crippen molar-refractivity contribution in [3.63, 3.8) is 0 Å². The highest BCUT2D eigenvalue weighted by atomic mass is 32.2. The van der Waals surface area contributed by atoms with Gasteiger partial charge < -0.3 is 9.29 Å². The molecule has 1 atom stereocenters. The number of rotatable bonds is 4. The number of hydrogen-bond acceptors (Lipinski definition) is 6. The first-order chi connectivity index (χ1) is 7.13. The lowest BCUT2D eigenvalue weighted by atomic mass is 10.3. The van der Waals surface area contributed by atoms with Crippen LogP contribution in [0.1, 0.15) is 23.1 Å². The van der Waals surface area contributed by atoms with Gasteiger partial charge in [0.15, 0.2) is 0 Å². The fourth-order valence-corrected chi connectivity index (χ4v) is 1.21. The number of carbonyl (C=O) groups excluding carboxylic acids is 1. The number of hydrogen-bond donors (Lipinski definition) is 0. The molecule has 1 heterocycles. The van der Waals surface area contributed by atoms with E-state index in [0.29, 0.717) is 0 Å². The van der Waals surface area contributed by atoms with Crippen LogP contribution in [0.25, 0.3) is 0 Å². The van der Waals surface area contributed by atoms with E-state index in [2.05, 4.69) is 9.97 Å². The van der Waals surface area contributed by atoms with Crippen molar-refractivity contribution in [1.29, 1.82) is 0 Å². The summed E-state index contributed by atoms with van der Waals surface area (Å²) in [6.45, 7) is 1.96. The molecule has 0 N–H and O–H groups in total. The average Bonchev–Trinajstić information content (AvgIpc) is 2.18. The van der Waals surface area contributed by atoms with Gasteiger partial charge in [0.1, 0.15) is 5.82 Å². The summed E-state index contributed by atoms with van der Waals surface area (Å²) in [5.41, 5.74) is 0.206. The molecule has 82 valence electrons. The Morgan fingerprint density at radius 3 is 2.60 bits per heavy atom. The summed E-state index contributed by atoms with van der Waals surface area (Å²) < 4.78 is 25.3. The van der Waals surface area contributed by atoms with E-state index in [1.807, 2.05) is 0 Å². The molecular weight excluding hydrogens is 220 g/mol. The van der Waals surface area contributed by atoms with Gasteiger partial charge in [-0.3, -0.25) is 4.21 Å². The van der Waals surface area contributed by atoms with Gasteiger partial charge in [-0.25, -0.2) is 14.8 Å². The van der Waals surface area contributed by atoms with Gasteiger partial charge in [-0.15, -0.1) is 0 Å². The standard InChI is InChI=1S/C8H10N2O4S/c1-2-14-8(11)6-3-9-7(10-4-6)5-15(12)13/h3-4H,2,5H2,1H3,(H,12,13)/p-1. The first-order valence-corrected chi connectivity index (χ1v) is 5.41. The summed E-state index contributed by atoms with van der Waals surface area (Å²) in [5.74, 6) is -0.632. The maximum absolute atomic E-state index is 11.2. The molecule has 0 bridgehead atoms. The summed E-state index contributed by atoms with van der Waals surface area (Å²) >= 11 is -2.23. The van der Waals surface area contributed by atoms with Crippen LogP contribution >= 0.6 is 0 Å². The molecule has 1 aromatic rings. The molecule has 1 aromatic heterocycles. The molecule has 0 aliphatic carbocycles. The second-order valence-corrected chi connectivity index (χ2v) is 3.45. The smallest absolute Gasteiger partial charge is 0.341 e. The van der Waals surface area contributed by atoms with Gasteiger partial charge in [-0.1, -0.05) is 0 Å². The van der Waals surface area contributed by atoms with Crippen LogP contribution in [0.3, 0.4) is 0 Å². The highest BCUT2D eigenvalue weighted by Crippen LogP contribution is 2.00. The molecular formula is C8H9N2O4S-. The lowest BCUT2D eigenvalue weighted by Gasteiger charge is -2.04. The van der Waals surface area contributed by atoms with Crippen molar-refractivity contribution in [2.45, 2.75) is 12.7 Å². The zero-order valence-electron chi connectivity index (χ0n) is 8.00. The van der Waals surface area contributed by atoms with Crippen molar-refractivity contribution >= 4 is 17.0 Å². The van der Waals surface area contributed by atoms with Crippen molar-refractivity contribution in [2.75, 3.05) is 6.61 Å². The van der Waals surface area contributed by atoms with E-state index in [1.54, 1.807) is 6.92 Å². The average molecular weight is 229 g/mol. The van der Waals surface area contributed by atoms with Crippen molar-refractivity contribution in [3.05, 3.63) is 23.8 Å². The second kappa shape index (κ2) is 5.52. The number of nitrogens with zero attached hydrogens (tertiary/aromatic N) is 2. The molecule has 1 rings (SSSR count). The van der Waals surface area contributed by atoms with E-state index < -0.39 is 17.0 Å². The minimum absolute atomic E-state index is 0.149. The SMILES string of the molecule is CCOC(=O)c1cnc(CS(=O)[O-])nc1. The van der Waals surface area contributed by atoms with E-state index in [0.717, 1.165) is 0 Å². The summed E-state index contributed by atoms with van der Waals surface area (Å²) in [7, 11) is 0. The van der Waals surface area contributed by atoms with Crippen molar-refractivity contribution in [2.24, 2.45) is 0 Å². The van der Waals surface area contributed by atoms with Gasteiger partial charge in [0.25, 0.3) is 0 Å². The molecule has 0 fully saturated rings. The van der Waals surface area contributed by atoms with Gasteiger partial charge >= 0.3 is 5.97 Å². The molecule has 0 saturated heterocycles. The van der Waals surface area contributed by atoms with Crippen LogP contribution in [0, 0.1) is 0 Å².